The molecule has 18 heavy (non-hydrogen) atoms. The molecule has 1 amide bonds. The summed E-state index contributed by atoms with van der Waals surface area (Å²) in [5.41, 5.74) is 5.64. The minimum atomic E-state index is 0.166. The molecule has 0 aromatic rings. The maximum absolute atomic E-state index is 11.9. The molecular formula is C14H29N3O. The van der Waals surface area contributed by atoms with Crippen LogP contribution in [0.5, 0.6) is 0 Å². The van der Waals surface area contributed by atoms with Gasteiger partial charge in [-0.25, -0.2) is 0 Å². The summed E-state index contributed by atoms with van der Waals surface area (Å²) in [6.07, 6.45) is 5.74. The van der Waals surface area contributed by atoms with Crippen molar-refractivity contribution in [2.24, 2.45) is 11.7 Å². The topological polar surface area (TPSA) is 58.4 Å². The molecule has 0 aliphatic carbocycles. The molecule has 1 unspecified atom stereocenters. The lowest BCUT2D eigenvalue weighted by atomic mass is 9.99. The van der Waals surface area contributed by atoms with Gasteiger partial charge in [-0.2, -0.15) is 0 Å². The predicted octanol–water partition coefficient (Wildman–Crippen LogP) is 1.35. The van der Waals surface area contributed by atoms with E-state index < -0.39 is 0 Å². The number of carbonyl (C=O) groups excluding carboxylic acids is 1. The SMILES string of the molecule is CC(C)CCNC(=O)CN1CCCCC1CCN. The highest BCUT2D eigenvalue weighted by Crippen LogP contribution is 2.18. The Morgan fingerprint density at radius 1 is 1.44 bits per heavy atom. The quantitative estimate of drug-likeness (QED) is 0.722. The van der Waals surface area contributed by atoms with Gasteiger partial charge in [-0.3, -0.25) is 9.69 Å². The molecule has 1 atom stereocenters. The van der Waals surface area contributed by atoms with Crippen molar-refractivity contribution in [1.82, 2.24) is 10.2 Å². The first-order valence-electron chi connectivity index (χ1n) is 7.34. The van der Waals surface area contributed by atoms with Crippen molar-refractivity contribution >= 4 is 5.91 Å². The highest BCUT2D eigenvalue weighted by molar-refractivity contribution is 5.78. The highest BCUT2D eigenvalue weighted by Gasteiger charge is 2.23. The van der Waals surface area contributed by atoms with Crippen LogP contribution in [-0.2, 0) is 4.79 Å². The number of hydrogen-bond acceptors (Lipinski definition) is 3. The maximum atomic E-state index is 11.9. The normalized spacial score (nSPS) is 21.2. The minimum absolute atomic E-state index is 0.166. The Kier molecular flexibility index (Phi) is 7.28. The number of likely N-dealkylation sites (tertiary alicyclic amines) is 1. The lowest BCUT2D eigenvalue weighted by Gasteiger charge is -2.35. The minimum Gasteiger partial charge on any atom is -0.355 e. The van der Waals surface area contributed by atoms with Crippen LogP contribution in [0.15, 0.2) is 0 Å². The van der Waals surface area contributed by atoms with Crippen LogP contribution in [0, 0.1) is 5.92 Å². The van der Waals surface area contributed by atoms with E-state index in [2.05, 4.69) is 24.1 Å². The van der Waals surface area contributed by atoms with Crippen LogP contribution in [0.4, 0.5) is 0 Å². The summed E-state index contributed by atoms with van der Waals surface area (Å²) in [5, 5.41) is 3.01. The first-order chi connectivity index (χ1) is 8.63. The third kappa shape index (κ3) is 5.83. The number of rotatable bonds is 7. The standard InChI is InChI=1S/C14H29N3O/c1-12(2)7-9-16-14(18)11-17-10-4-3-5-13(17)6-8-15/h12-13H,3-11,15H2,1-2H3,(H,16,18). The van der Waals surface area contributed by atoms with Crippen molar-refractivity contribution in [1.29, 1.82) is 0 Å². The summed E-state index contributed by atoms with van der Waals surface area (Å²) < 4.78 is 0. The van der Waals surface area contributed by atoms with Gasteiger partial charge in [-0.15, -0.1) is 0 Å². The second kappa shape index (κ2) is 8.48. The van der Waals surface area contributed by atoms with Crippen LogP contribution in [-0.4, -0.2) is 43.0 Å². The number of hydrogen-bond donors (Lipinski definition) is 2. The Morgan fingerprint density at radius 3 is 2.89 bits per heavy atom. The van der Waals surface area contributed by atoms with Gasteiger partial charge in [0.2, 0.25) is 5.91 Å². The number of carbonyl (C=O) groups is 1. The summed E-state index contributed by atoms with van der Waals surface area (Å²) in [7, 11) is 0. The number of piperidine rings is 1. The van der Waals surface area contributed by atoms with Crippen molar-refractivity contribution in [3.8, 4) is 0 Å². The van der Waals surface area contributed by atoms with Gasteiger partial charge in [-0.1, -0.05) is 20.3 Å². The second-order valence-corrected chi connectivity index (χ2v) is 5.73. The van der Waals surface area contributed by atoms with Crippen molar-refractivity contribution in [2.45, 2.75) is 52.0 Å². The average Bonchev–Trinajstić information content (AvgIpc) is 2.31. The fourth-order valence-corrected chi connectivity index (χ4v) is 2.53. The van der Waals surface area contributed by atoms with E-state index in [1.54, 1.807) is 0 Å². The Morgan fingerprint density at radius 2 is 2.22 bits per heavy atom. The lowest BCUT2D eigenvalue weighted by molar-refractivity contribution is -0.123. The number of nitrogens with zero attached hydrogens (tertiary/aromatic N) is 1. The highest BCUT2D eigenvalue weighted by atomic mass is 16.2. The first kappa shape index (κ1) is 15.4. The third-order valence-electron chi connectivity index (χ3n) is 3.64. The molecule has 106 valence electrons. The molecule has 1 fully saturated rings. The van der Waals surface area contributed by atoms with E-state index in [9.17, 15) is 4.79 Å². The zero-order valence-electron chi connectivity index (χ0n) is 12.0. The van der Waals surface area contributed by atoms with Crippen molar-refractivity contribution in [3.05, 3.63) is 0 Å². The number of nitrogens with two attached hydrogens (primary N) is 1. The molecule has 1 saturated heterocycles. The molecule has 0 saturated carbocycles. The summed E-state index contributed by atoms with van der Waals surface area (Å²) in [5.74, 6) is 0.810. The molecule has 0 aromatic carbocycles. The van der Waals surface area contributed by atoms with E-state index >= 15 is 0 Å². The zero-order chi connectivity index (χ0) is 13.4. The monoisotopic (exact) mass is 255 g/mol. The summed E-state index contributed by atoms with van der Waals surface area (Å²) in [6.45, 7) is 7.45. The molecule has 0 bridgehead atoms. The first-order valence-corrected chi connectivity index (χ1v) is 7.34. The van der Waals surface area contributed by atoms with Gasteiger partial charge in [0.25, 0.3) is 0 Å². The third-order valence-corrected chi connectivity index (χ3v) is 3.64. The Labute approximate surface area is 111 Å². The molecule has 1 aliphatic heterocycles. The van der Waals surface area contributed by atoms with E-state index in [1.165, 1.54) is 19.3 Å². The Balaban J connectivity index is 2.27. The van der Waals surface area contributed by atoms with Crippen molar-refractivity contribution < 1.29 is 4.79 Å². The van der Waals surface area contributed by atoms with Gasteiger partial charge in [0.15, 0.2) is 0 Å². The summed E-state index contributed by atoms with van der Waals surface area (Å²) in [4.78, 5) is 14.2. The fraction of sp³-hybridized carbons (Fsp3) is 0.929. The van der Waals surface area contributed by atoms with Crippen LogP contribution in [0.25, 0.3) is 0 Å². The van der Waals surface area contributed by atoms with Gasteiger partial charge < -0.3 is 11.1 Å². The lowest BCUT2D eigenvalue weighted by Crippen LogP contribution is -2.46. The smallest absolute Gasteiger partial charge is 0.234 e. The molecule has 4 heteroatoms. The molecule has 0 spiro atoms. The van der Waals surface area contributed by atoms with E-state index in [-0.39, 0.29) is 5.91 Å². The molecule has 0 aromatic heterocycles. The maximum Gasteiger partial charge on any atom is 0.234 e. The number of nitrogens with one attached hydrogen (secondary N) is 1. The largest absolute Gasteiger partial charge is 0.355 e. The Hall–Kier alpha value is -0.610. The predicted molar refractivity (Wildman–Crippen MR) is 75.3 cm³/mol. The average molecular weight is 255 g/mol. The molecule has 4 nitrogen and oxygen atoms in total. The number of amides is 1. The van der Waals surface area contributed by atoms with Gasteiger partial charge in [-0.05, 0) is 44.7 Å². The fourth-order valence-electron chi connectivity index (χ4n) is 2.53. The van der Waals surface area contributed by atoms with Gasteiger partial charge in [0.05, 0.1) is 6.54 Å². The van der Waals surface area contributed by atoms with Crippen LogP contribution >= 0.6 is 0 Å². The molecule has 1 heterocycles. The Bertz CT molecular complexity index is 241. The zero-order valence-corrected chi connectivity index (χ0v) is 12.0. The van der Waals surface area contributed by atoms with E-state index in [0.29, 0.717) is 18.5 Å². The summed E-state index contributed by atoms with van der Waals surface area (Å²) >= 11 is 0. The molecular weight excluding hydrogens is 226 g/mol. The van der Waals surface area contributed by atoms with E-state index in [4.69, 9.17) is 5.73 Å². The van der Waals surface area contributed by atoms with E-state index in [1.807, 2.05) is 0 Å². The van der Waals surface area contributed by atoms with Crippen LogP contribution in [0.1, 0.15) is 46.0 Å². The van der Waals surface area contributed by atoms with Crippen LogP contribution in [0.3, 0.4) is 0 Å². The van der Waals surface area contributed by atoms with Crippen LogP contribution in [0.2, 0.25) is 0 Å². The van der Waals surface area contributed by atoms with Crippen LogP contribution < -0.4 is 11.1 Å². The van der Waals surface area contributed by atoms with Crippen molar-refractivity contribution in [3.63, 3.8) is 0 Å². The molecule has 3 N–H and O–H groups in total. The van der Waals surface area contributed by atoms with Gasteiger partial charge in [0.1, 0.15) is 0 Å². The summed E-state index contributed by atoms with van der Waals surface area (Å²) in [6, 6.07) is 0.514. The van der Waals surface area contributed by atoms with Gasteiger partial charge in [0, 0.05) is 12.6 Å². The second-order valence-electron chi connectivity index (χ2n) is 5.73. The molecule has 0 radical (unpaired) electrons. The molecule has 1 rings (SSSR count). The van der Waals surface area contributed by atoms with Crippen molar-refractivity contribution in [2.75, 3.05) is 26.2 Å². The van der Waals surface area contributed by atoms with Gasteiger partial charge >= 0.3 is 0 Å². The van der Waals surface area contributed by atoms with E-state index in [0.717, 1.165) is 32.5 Å². The molecule has 1 aliphatic rings.